The second-order valence-corrected chi connectivity index (χ2v) is 9.06. The maximum atomic E-state index is 12.7. The number of rotatable bonds is 7. The molecule has 162 valence electrons. The van der Waals surface area contributed by atoms with Crippen LogP contribution < -0.4 is 9.75 Å². The van der Waals surface area contributed by atoms with Crippen LogP contribution in [0, 0.1) is 0 Å². The fraction of sp³-hybridized carbons (Fsp3) is 0.450. The molecule has 10 heteroatoms. The lowest BCUT2D eigenvalue weighted by molar-refractivity contribution is -0.137. The zero-order valence-electron chi connectivity index (χ0n) is 17.6. The minimum atomic E-state index is -0.884. The number of ether oxygens (including phenoxy) is 3. The molecular weight excluding hydrogens is 426 g/mol. The van der Waals surface area contributed by atoms with Crippen LogP contribution in [0.15, 0.2) is 40.0 Å². The van der Waals surface area contributed by atoms with Gasteiger partial charge in [-0.3, -0.25) is 0 Å². The summed E-state index contributed by atoms with van der Waals surface area (Å²) < 4.78 is 14.6. The summed E-state index contributed by atoms with van der Waals surface area (Å²) in [6, 6.07) is 7.37. The molecule has 0 bridgehead atoms. The van der Waals surface area contributed by atoms with Gasteiger partial charge in [0.1, 0.15) is 10.7 Å². The number of thioether (sulfide) groups is 2. The van der Waals surface area contributed by atoms with E-state index < -0.39 is 10.3 Å². The van der Waals surface area contributed by atoms with Crippen molar-refractivity contribution < 1.29 is 23.8 Å². The third kappa shape index (κ3) is 3.85. The number of methoxy groups -OCH3 is 2. The zero-order chi connectivity index (χ0) is 21.9. The number of carbonyl (C=O) groups excluding carboxylic acids is 2. The zero-order valence-corrected chi connectivity index (χ0v) is 19.3. The molecule has 1 aromatic carbocycles. The van der Waals surface area contributed by atoms with Gasteiger partial charge in [0.25, 0.3) is 0 Å². The number of anilines is 1. The smallest absolute Gasteiger partial charge is 0.365 e. The average molecular weight is 452 g/mol. The van der Waals surface area contributed by atoms with Crippen LogP contribution in [0.2, 0.25) is 0 Å². The minimum absolute atomic E-state index is 0.216. The normalized spacial score (nSPS) is 20.6. The van der Waals surface area contributed by atoms with E-state index in [1.807, 2.05) is 36.2 Å². The number of hydrazone groups is 1. The summed E-state index contributed by atoms with van der Waals surface area (Å²) in [5, 5.41) is 6.52. The van der Waals surface area contributed by atoms with Crippen LogP contribution in [0.25, 0.3) is 0 Å². The molecule has 8 nitrogen and oxygen atoms in total. The van der Waals surface area contributed by atoms with Gasteiger partial charge in [0.05, 0.1) is 26.5 Å². The Morgan fingerprint density at radius 3 is 2.37 bits per heavy atom. The van der Waals surface area contributed by atoms with Crippen LogP contribution in [-0.4, -0.2) is 54.1 Å². The van der Waals surface area contributed by atoms with Crippen molar-refractivity contribution in [1.29, 1.82) is 0 Å². The van der Waals surface area contributed by atoms with Gasteiger partial charge in [0.15, 0.2) is 0 Å². The highest BCUT2D eigenvalue weighted by Crippen LogP contribution is 2.59. The molecule has 0 N–H and O–H groups in total. The molecule has 1 spiro atoms. The molecule has 0 saturated heterocycles. The summed E-state index contributed by atoms with van der Waals surface area (Å²) in [7, 11) is 4.83. The van der Waals surface area contributed by atoms with Gasteiger partial charge in [-0.05, 0) is 49.4 Å². The van der Waals surface area contributed by atoms with Gasteiger partial charge >= 0.3 is 11.9 Å². The number of esters is 2. The van der Waals surface area contributed by atoms with Crippen molar-refractivity contribution in [1.82, 2.24) is 4.90 Å². The first kappa shape index (κ1) is 22.4. The minimum Gasteiger partial charge on any atom is -0.497 e. The Labute approximate surface area is 184 Å². The molecule has 0 aliphatic carbocycles. The van der Waals surface area contributed by atoms with Crippen LogP contribution in [0.3, 0.4) is 0 Å². The maximum Gasteiger partial charge on any atom is 0.365 e. The van der Waals surface area contributed by atoms with Crippen molar-refractivity contribution in [2.45, 2.75) is 31.0 Å². The molecule has 0 amide bonds. The Hall–Kier alpha value is -2.33. The van der Waals surface area contributed by atoms with Crippen molar-refractivity contribution in [3.63, 3.8) is 0 Å². The first-order valence-corrected chi connectivity index (χ1v) is 11.2. The molecule has 2 aliphatic heterocycles. The number of benzene rings is 1. The monoisotopic (exact) mass is 451 g/mol. The molecule has 0 fully saturated rings. The Morgan fingerprint density at radius 1 is 1.10 bits per heavy atom. The lowest BCUT2D eigenvalue weighted by Crippen LogP contribution is -2.47. The molecule has 2 aliphatic rings. The lowest BCUT2D eigenvalue weighted by Gasteiger charge is -2.39. The molecule has 0 aromatic heterocycles. The van der Waals surface area contributed by atoms with Gasteiger partial charge in [-0.25, -0.2) is 14.6 Å². The first-order valence-electron chi connectivity index (χ1n) is 9.55. The average Bonchev–Trinajstić information content (AvgIpc) is 3.28. The van der Waals surface area contributed by atoms with Gasteiger partial charge in [-0.15, -0.1) is 0 Å². The molecular formula is C20H25N3O5S2. The standard InChI is InChI=1S/C20H25N3O5S2/c1-6-8-15-16(18(24)28-7-2)29-20(22(15)3)23(21-17(30-20)19(25)27-5)13-9-11-14(26-4)12-10-13/h9-12H,6-8H2,1-5H3. The highest BCUT2D eigenvalue weighted by molar-refractivity contribution is 8.28. The second-order valence-electron chi connectivity index (χ2n) is 6.46. The largest absolute Gasteiger partial charge is 0.497 e. The van der Waals surface area contributed by atoms with Crippen LogP contribution in [0.1, 0.15) is 26.7 Å². The fourth-order valence-corrected chi connectivity index (χ4v) is 6.11. The van der Waals surface area contributed by atoms with E-state index in [0.29, 0.717) is 17.1 Å². The van der Waals surface area contributed by atoms with Gasteiger partial charge in [0.2, 0.25) is 9.37 Å². The molecule has 1 atom stereocenters. The van der Waals surface area contributed by atoms with Gasteiger partial charge in [-0.1, -0.05) is 25.1 Å². The summed E-state index contributed by atoms with van der Waals surface area (Å²) in [5.74, 6) is -0.177. The summed E-state index contributed by atoms with van der Waals surface area (Å²) in [6.07, 6.45) is 1.56. The third-order valence-electron chi connectivity index (χ3n) is 4.64. The van der Waals surface area contributed by atoms with E-state index in [1.54, 1.807) is 19.0 Å². The van der Waals surface area contributed by atoms with E-state index in [1.165, 1.54) is 30.6 Å². The number of carbonyl (C=O) groups is 2. The molecule has 1 unspecified atom stereocenters. The summed E-state index contributed by atoms with van der Waals surface area (Å²) in [5.41, 5.74) is 1.62. The van der Waals surface area contributed by atoms with Crippen molar-refractivity contribution in [2.24, 2.45) is 5.10 Å². The van der Waals surface area contributed by atoms with E-state index in [4.69, 9.17) is 14.2 Å². The van der Waals surface area contributed by atoms with Crippen LogP contribution in [0.4, 0.5) is 5.69 Å². The highest BCUT2D eigenvalue weighted by Gasteiger charge is 2.57. The van der Waals surface area contributed by atoms with E-state index in [2.05, 4.69) is 12.0 Å². The number of hydrogen-bond acceptors (Lipinski definition) is 10. The van der Waals surface area contributed by atoms with Crippen molar-refractivity contribution in [3.05, 3.63) is 34.9 Å². The Morgan fingerprint density at radius 2 is 1.80 bits per heavy atom. The van der Waals surface area contributed by atoms with Crippen LogP contribution in [0.5, 0.6) is 5.75 Å². The Balaban J connectivity index is 2.06. The highest BCUT2D eigenvalue weighted by atomic mass is 32.2. The molecule has 2 heterocycles. The Bertz CT molecular complexity index is 887. The quantitative estimate of drug-likeness (QED) is 0.578. The van der Waals surface area contributed by atoms with Gasteiger partial charge < -0.3 is 19.1 Å². The van der Waals surface area contributed by atoms with Crippen molar-refractivity contribution in [2.75, 3.05) is 32.9 Å². The summed E-state index contributed by atoms with van der Waals surface area (Å²) >= 11 is 2.59. The summed E-state index contributed by atoms with van der Waals surface area (Å²) in [6.45, 7) is 4.13. The van der Waals surface area contributed by atoms with Crippen LogP contribution in [-0.2, 0) is 19.1 Å². The fourth-order valence-electron chi connectivity index (χ4n) is 3.19. The van der Waals surface area contributed by atoms with E-state index in [0.717, 1.165) is 17.8 Å². The van der Waals surface area contributed by atoms with Gasteiger partial charge in [-0.2, -0.15) is 5.10 Å². The summed E-state index contributed by atoms with van der Waals surface area (Å²) in [4.78, 5) is 27.6. The number of allylic oxidation sites excluding steroid dienone is 1. The predicted octanol–water partition coefficient (Wildman–Crippen LogP) is 3.60. The Kier molecular flexibility index (Phi) is 6.87. The topological polar surface area (TPSA) is 80.7 Å². The van der Waals surface area contributed by atoms with E-state index in [-0.39, 0.29) is 17.6 Å². The van der Waals surface area contributed by atoms with Crippen molar-refractivity contribution in [3.8, 4) is 5.75 Å². The first-order chi connectivity index (χ1) is 14.4. The van der Waals surface area contributed by atoms with E-state index >= 15 is 0 Å². The third-order valence-corrected chi connectivity index (χ3v) is 7.61. The maximum absolute atomic E-state index is 12.7. The van der Waals surface area contributed by atoms with Crippen molar-refractivity contribution >= 4 is 46.2 Å². The molecule has 0 saturated carbocycles. The molecule has 3 rings (SSSR count). The predicted molar refractivity (Wildman–Crippen MR) is 119 cm³/mol. The van der Waals surface area contributed by atoms with Crippen LogP contribution >= 0.6 is 23.5 Å². The molecule has 0 radical (unpaired) electrons. The lowest BCUT2D eigenvalue weighted by atomic mass is 10.2. The van der Waals surface area contributed by atoms with Gasteiger partial charge in [0, 0.05) is 12.7 Å². The number of hydrogen-bond donors (Lipinski definition) is 0. The molecule has 30 heavy (non-hydrogen) atoms. The van der Waals surface area contributed by atoms with E-state index in [9.17, 15) is 9.59 Å². The number of nitrogens with zero attached hydrogens (tertiary/aromatic N) is 3. The molecule has 1 aromatic rings. The second kappa shape index (κ2) is 9.22. The SMILES string of the molecule is CCCC1=C(C(=O)OCC)SC2(SC(C(=O)OC)=NN2c2ccc(OC)cc2)N1C.